The van der Waals surface area contributed by atoms with Gasteiger partial charge in [-0.05, 0) is 12.1 Å². The monoisotopic (exact) mass is 266 g/mol. The molecule has 1 aromatic rings. The first-order valence-corrected chi connectivity index (χ1v) is 6.16. The Balaban J connectivity index is 1.97. The first-order valence-electron chi connectivity index (χ1n) is 6.16. The van der Waals surface area contributed by atoms with E-state index in [1.54, 1.807) is 13.3 Å². The van der Waals surface area contributed by atoms with Gasteiger partial charge in [-0.1, -0.05) is 0 Å². The molecule has 0 saturated carbocycles. The van der Waals surface area contributed by atoms with E-state index < -0.39 is 0 Å². The number of nitrogens with zero attached hydrogens (tertiary/aromatic N) is 2. The fourth-order valence-corrected chi connectivity index (χ4v) is 2.00. The normalized spacial score (nSPS) is 19.1. The van der Waals surface area contributed by atoms with Crippen molar-refractivity contribution in [3.05, 3.63) is 18.3 Å². The van der Waals surface area contributed by atoms with Gasteiger partial charge in [0.15, 0.2) is 0 Å². The van der Waals surface area contributed by atoms with Gasteiger partial charge >= 0.3 is 5.97 Å². The number of methoxy groups -OCH3 is 2. The zero-order valence-electron chi connectivity index (χ0n) is 11.2. The summed E-state index contributed by atoms with van der Waals surface area (Å²) in [4.78, 5) is 17.7. The lowest BCUT2D eigenvalue weighted by Gasteiger charge is -2.33. The lowest BCUT2D eigenvalue weighted by Crippen LogP contribution is -2.43. The third-order valence-electron chi connectivity index (χ3n) is 3.04. The third kappa shape index (κ3) is 3.57. The van der Waals surface area contributed by atoms with Crippen molar-refractivity contribution >= 4 is 11.8 Å². The van der Waals surface area contributed by atoms with Gasteiger partial charge in [-0.2, -0.15) is 0 Å². The summed E-state index contributed by atoms with van der Waals surface area (Å²) in [6.45, 7) is 1.97. The fraction of sp³-hybridized carbons (Fsp3) is 0.538. The number of rotatable bonds is 4. The van der Waals surface area contributed by atoms with Crippen molar-refractivity contribution in [3.8, 4) is 5.75 Å². The summed E-state index contributed by atoms with van der Waals surface area (Å²) in [6, 6.07) is 3.77. The van der Waals surface area contributed by atoms with E-state index in [1.807, 2.05) is 12.1 Å². The Kier molecular flexibility index (Phi) is 4.57. The zero-order chi connectivity index (χ0) is 13.7. The molecule has 1 unspecified atom stereocenters. The molecule has 19 heavy (non-hydrogen) atoms. The average Bonchev–Trinajstić information content (AvgIpc) is 2.47. The van der Waals surface area contributed by atoms with Crippen molar-refractivity contribution in [2.24, 2.45) is 0 Å². The summed E-state index contributed by atoms with van der Waals surface area (Å²) in [6.07, 6.45) is 1.80. The number of ether oxygens (including phenoxy) is 3. The number of morpholine rings is 1. The Labute approximate surface area is 112 Å². The molecule has 2 rings (SSSR count). The van der Waals surface area contributed by atoms with Gasteiger partial charge in [-0.25, -0.2) is 4.98 Å². The molecule has 1 saturated heterocycles. The van der Waals surface area contributed by atoms with E-state index in [2.05, 4.69) is 14.6 Å². The van der Waals surface area contributed by atoms with E-state index in [9.17, 15) is 4.79 Å². The summed E-state index contributed by atoms with van der Waals surface area (Å²) in [5.41, 5.74) is 0. The van der Waals surface area contributed by atoms with Crippen LogP contribution in [-0.4, -0.2) is 51.0 Å². The van der Waals surface area contributed by atoms with Crippen LogP contribution in [-0.2, 0) is 14.3 Å². The van der Waals surface area contributed by atoms with E-state index in [4.69, 9.17) is 9.47 Å². The standard InChI is InChI=1S/C13H18N2O4/c1-17-10-3-4-12(14-8-10)15-5-6-19-11(9-15)7-13(16)18-2/h3-4,8,11H,5-7,9H2,1-2H3. The molecule has 0 N–H and O–H groups in total. The smallest absolute Gasteiger partial charge is 0.308 e. The highest BCUT2D eigenvalue weighted by Gasteiger charge is 2.24. The third-order valence-corrected chi connectivity index (χ3v) is 3.04. The number of pyridine rings is 1. The van der Waals surface area contributed by atoms with E-state index in [0.29, 0.717) is 13.2 Å². The first kappa shape index (κ1) is 13.6. The predicted molar refractivity (Wildman–Crippen MR) is 69.4 cm³/mol. The largest absolute Gasteiger partial charge is 0.495 e. The predicted octanol–water partition coefficient (Wildman–Crippen LogP) is 0.858. The molecule has 0 spiro atoms. The van der Waals surface area contributed by atoms with Crippen LogP contribution in [0.4, 0.5) is 5.82 Å². The van der Waals surface area contributed by atoms with Gasteiger partial charge in [0.1, 0.15) is 11.6 Å². The maximum absolute atomic E-state index is 11.3. The number of aromatic nitrogens is 1. The van der Waals surface area contributed by atoms with Gasteiger partial charge in [0.2, 0.25) is 0 Å². The fourth-order valence-electron chi connectivity index (χ4n) is 2.00. The molecule has 104 valence electrons. The molecular weight excluding hydrogens is 248 g/mol. The lowest BCUT2D eigenvalue weighted by molar-refractivity contribution is -0.144. The summed E-state index contributed by atoms with van der Waals surface area (Å²) < 4.78 is 15.3. The highest BCUT2D eigenvalue weighted by molar-refractivity contribution is 5.69. The van der Waals surface area contributed by atoms with Crippen LogP contribution >= 0.6 is 0 Å². The number of carbonyl (C=O) groups excluding carboxylic acids is 1. The van der Waals surface area contributed by atoms with Crippen LogP contribution in [0.1, 0.15) is 6.42 Å². The van der Waals surface area contributed by atoms with Crippen LogP contribution in [0.15, 0.2) is 18.3 Å². The molecule has 1 aliphatic rings. The van der Waals surface area contributed by atoms with Crippen LogP contribution in [0, 0.1) is 0 Å². The van der Waals surface area contributed by atoms with Gasteiger partial charge < -0.3 is 19.1 Å². The number of carbonyl (C=O) groups is 1. The van der Waals surface area contributed by atoms with Crippen molar-refractivity contribution in [1.82, 2.24) is 4.98 Å². The second-order valence-corrected chi connectivity index (χ2v) is 4.28. The van der Waals surface area contributed by atoms with E-state index >= 15 is 0 Å². The molecule has 6 nitrogen and oxygen atoms in total. The zero-order valence-corrected chi connectivity index (χ0v) is 11.2. The number of hydrogen-bond donors (Lipinski definition) is 0. The van der Waals surface area contributed by atoms with Crippen molar-refractivity contribution in [1.29, 1.82) is 0 Å². The number of hydrogen-bond acceptors (Lipinski definition) is 6. The molecule has 1 aliphatic heterocycles. The van der Waals surface area contributed by atoms with Crippen LogP contribution in [0.25, 0.3) is 0 Å². The summed E-state index contributed by atoms with van der Waals surface area (Å²) >= 11 is 0. The molecule has 0 bridgehead atoms. The second kappa shape index (κ2) is 6.38. The van der Waals surface area contributed by atoms with Crippen molar-refractivity contribution in [2.75, 3.05) is 38.8 Å². The molecule has 0 amide bonds. The van der Waals surface area contributed by atoms with E-state index in [-0.39, 0.29) is 18.5 Å². The molecule has 1 atom stereocenters. The Bertz CT molecular complexity index is 421. The Morgan fingerprint density at radius 3 is 3.00 bits per heavy atom. The van der Waals surface area contributed by atoms with Gasteiger partial charge in [0, 0.05) is 13.1 Å². The summed E-state index contributed by atoms with van der Waals surface area (Å²) in [5, 5.41) is 0. The minimum Gasteiger partial charge on any atom is -0.495 e. The average molecular weight is 266 g/mol. The molecule has 0 aromatic carbocycles. The Hall–Kier alpha value is -1.82. The van der Waals surface area contributed by atoms with Gasteiger partial charge in [0.05, 0.1) is 39.5 Å². The van der Waals surface area contributed by atoms with Crippen LogP contribution in [0.3, 0.4) is 0 Å². The topological polar surface area (TPSA) is 60.9 Å². The van der Waals surface area contributed by atoms with Crippen molar-refractivity contribution in [2.45, 2.75) is 12.5 Å². The van der Waals surface area contributed by atoms with Crippen molar-refractivity contribution in [3.63, 3.8) is 0 Å². The van der Waals surface area contributed by atoms with Crippen molar-refractivity contribution < 1.29 is 19.0 Å². The number of esters is 1. The number of anilines is 1. The van der Waals surface area contributed by atoms with Crippen LogP contribution < -0.4 is 9.64 Å². The molecule has 0 aliphatic carbocycles. The molecule has 6 heteroatoms. The lowest BCUT2D eigenvalue weighted by atomic mass is 10.2. The highest BCUT2D eigenvalue weighted by Crippen LogP contribution is 2.19. The molecule has 1 fully saturated rings. The molecule has 2 heterocycles. The Morgan fingerprint density at radius 2 is 2.37 bits per heavy atom. The second-order valence-electron chi connectivity index (χ2n) is 4.28. The molecule has 0 radical (unpaired) electrons. The minimum absolute atomic E-state index is 0.148. The maximum Gasteiger partial charge on any atom is 0.308 e. The highest BCUT2D eigenvalue weighted by atomic mass is 16.5. The SMILES string of the molecule is COC(=O)CC1CN(c2ccc(OC)cn2)CCO1. The summed E-state index contributed by atoms with van der Waals surface area (Å²) in [7, 11) is 2.99. The Morgan fingerprint density at radius 1 is 1.53 bits per heavy atom. The van der Waals surface area contributed by atoms with Crippen LogP contribution in [0.5, 0.6) is 5.75 Å². The maximum atomic E-state index is 11.3. The molecule has 1 aromatic heterocycles. The van der Waals surface area contributed by atoms with Gasteiger partial charge in [0.25, 0.3) is 0 Å². The first-order chi connectivity index (χ1) is 9.22. The molecular formula is C13H18N2O4. The van der Waals surface area contributed by atoms with E-state index in [0.717, 1.165) is 18.1 Å². The van der Waals surface area contributed by atoms with Gasteiger partial charge in [-0.15, -0.1) is 0 Å². The summed E-state index contributed by atoms with van der Waals surface area (Å²) in [5.74, 6) is 1.33. The van der Waals surface area contributed by atoms with E-state index in [1.165, 1.54) is 7.11 Å². The van der Waals surface area contributed by atoms with Crippen LogP contribution in [0.2, 0.25) is 0 Å². The minimum atomic E-state index is -0.255. The quantitative estimate of drug-likeness (QED) is 0.753. The van der Waals surface area contributed by atoms with Gasteiger partial charge in [-0.3, -0.25) is 4.79 Å².